The van der Waals surface area contributed by atoms with Crippen LogP contribution in [0.25, 0.3) is 0 Å². The number of rotatable bonds is 6. The van der Waals surface area contributed by atoms with Gasteiger partial charge in [0.1, 0.15) is 11.9 Å². The van der Waals surface area contributed by atoms with E-state index in [-0.39, 0.29) is 23.1 Å². The van der Waals surface area contributed by atoms with Gasteiger partial charge < -0.3 is 10.0 Å². The zero-order valence-electron chi connectivity index (χ0n) is 22.0. The monoisotopic (exact) mass is 496 g/mol. The molecule has 0 unspecified atom stereocenters. The predicted octanol–water partition coefficient (Wildman–Crippen LogP) is 4.82. The van der Waals surface area contributed by atoms with Gasteiger partial charge in [0.05, 0.1) is 5.69 Å². The molecular formula is C29H41FN4O2. The predicted molar refractivity (Wildman–Crippen MR) is 139 cm³/mol. The first-order chi connectivity index (χ1) is 17.2. The van der Waals surface area contributed by atoms with Crippen molar-refractivity contribution in [2.24, 2.45) is 11.3 Å². The van der Waals surface area contributed by atoms with Gasteiger partial charge in [0.25, 0.3) is 0 Å². The lowest BCUT2D eigenvalue weighted by molar-refractivity contribution is -0.147. The Hall–Kier alpha value is -2.25. The summed E-state index contributed by atoms with van der Waals surface area (Å²) in [6.45, 7) is 10.3. The quantitative estimate of drug-likeness (QED) is 0.600. The number of aromatic nitrogens is 2. The van der Waals surface area contributed by atoms with E-state index < -0.39 is 12.0 Å². The van der Waals surface area contributed by atoms with E-state index in [0.29, 0.717) is 12.5 Å². The number of hydrogen-bond donors (Lipinski definition) is 2. The van der Waals surface area contributed by atoms with E-state index in [2.05, 4.69) is 14.9 Å². The average molecular weight is 497 g/mol. The summed E-state index contributed by atoms with van der Waals surface area (Å²) >= 11 is 0. The molecule has 2 N–H and O–H groups in total. The number of aryl methyl sites for hydroxylation is 1. The molecule has 0 radical (unpaired) electrons. The normalized spacial score (nSPS) is 25.1. The summed E-state index contributed by atoms with van der Waals surface area (Å²) in [7, 11) is 0. The molecule has 36 heavy (non-hydrogen) atoms. The fraction of sp³-hybridized carbons (Fsp3) is 0.655. The van der Waals surface area contributed by atoms with Crippen LogP contribution in [0.5, 0.6) is 0 Å². The Labute approximate surface area is 214 Å². The van der Waals surface area contributed by atoms with Gasteiger partial charge in [0.15, 0.2) is 0 Å². The van der Waals surface area contributed by atoms with Crippen LogP contribution in [0.15, 0.2) is 24.3 Å². The third kappa shape index (κ3) is 5.23. The number of hydrogen-bond acceptors (Lipinski definition) is 4. The summed E-state index contributed by atoms with van der Waals surface area (Å²) in [6, 6.07) is 6.35. The average Bonchev–Trinajstić information content (AvgIpc) is 3.43. The second-order valence-corrected chi connectivity index (χ2v) is 12.3. The third-order valence-electron chi connectivity index (χ3n) is 8.72. The molecule has 1 aliphatic carbocycles. The van der Waals surface area contributed by atoms with Crippen molar-refractivity contribution < 1.29 is 14.3 Å². The van der Waals surface area contributed by atoms with Crippen LogP contribution in [-0.2, 0) is 17.6 Å². The third-order valence-corrected chi connectivity index (χ3v) is 8.72. The largest absolute Gasteiger partial charge is 0.480 e. The van der Waals surface area contributed by atoms with Crippen LogP contribution < -0.4 is 0 Å². The molecule has 196 valence electrons. The van der Waals surface area contributed by atoms with Gasteiger partial charge in [0.2, 0.25) is 0 Å². The van der Waals surface area contributed by atoms with E-state index in [0.717, 1.165) is 57.4 Å². The molecule has 0 amide bonds. The maximum atomic E-state index is 14.2. The van der Waals surface area contributed by atoms with Gasteiger partial charge in [-0.05, 0) is 86.2 Å². The Morgan fingerprint density at radius 3 is 2.64 bits per heavy atom. The van der Waals surface area contributed by atoms with Gasteiger partial charge in [-0.25, -0.2) is 4.39 Å². The zero-order chi connectivity index (χ0) is 25.4. The van der Waals surface area contributed by atoms with Gasteiger partial charge in [-0.1, -0.05) is 32.9 Å². The highest BCUT2D eigenvalue weighted by Gasteiger charge is 2.44. The van der Waals surface area contributed by atoms with Crippen molar-refractivity contribution in [2.75, 3.05) is 32.7 Å². The molecule has 3 heterocycles. The van der Waals surface area contributed by atoms with Crippen molar-refractivity contribution in [2.45, 2.75) is 77.2 Å². The number of piperidine rings is 1. The minimum atomic E-state index is -0.774. The second kappa shape index (κ2) is 10.3. The van der Waals surface area contributed by atoms with E-state index in [9.17, 15) is 14.3 Å². The highest BCUT2D eigenvalue weighted by atomic mass is 19.1. The standard InChI is InChI=1S/C29H41FN4O2/c1-29(2,3)27(28(35)36)34-17-21(24(18-34)20-7-6-8-22(30)15-20)16-33-13-11-19(12-14-33)26-23-9-4-5-10-25(23)31-32-26/h6-8,15,19,21,24,27H,4-5,9-14,16-18H2,1-3H3,(H,31,32)(H,35,36)/t21-,24-,27+/m1/s1. The van der Waals surface area contributed by atoms with E-state index in [1.807, 2.05) is 26.8 Å². The number of aromatic amines is 1. The molecule has 5 rings (SSSR count). The summed E-state index contributed by atoms with van der Waals surface area (Å²) in [5.74, 6) is -0.0786. The molecule has 6 nitrogen and oxygen atoms in total. The number of halogens is 1. The highest BCUT2D eigenvalue weighted by molar-refractivity contribution is 5.74. The molecule has 2 saturated heterocycles. The fourth-order valence-corrected chi connectivity index (χ4v) is 7.05. The number of likely N-dealkylation sites (tertiary alicyclic amines) is 2. The number of nitrogens with one attached hydrogen (secondary N) is 1. The number of fused-ring (bicyclic) bond motifs is 1. The zero-order valence-corrected chi connectivity index (χ0v) is 22.0. The smallest absolute Gasteiger partial charge is 0.321 e. The van der Waals surface area contributed by atoms with Crippen LogP contribution in [0, 0.1) is 17.2 Å². The number of benzene rings is 1. The second-order valence-electron chi connectivity index (χ2n) is 12.3. The Bertz CT molecular complexity index is 1070. The first-order valence-corrected chi connectivity index (χ1v) is 13.7. The van der Waals surface area contributed by atoms with Gasteiger partial charge in [-0.2, -0.15) is 5.10 Å². The minimum Gasteiger partial charge on any atom is -0.480 e. The fourth-order valence-electron chi connectivity index (χ4n) is 7.05. The number of H-pyrrole nitrogens is 1. The molecule has 0 saturated carbocycles. The molecule has 1 aromatic heterocycles. The topological polar surface area (TPSA) is 72.5 Å². The molecule has 1 aromatic carbocycles. The van der Waals surface area contributed by atoms with Crippen LogP contribution in [0.3, 0.4) is 0 Å². The van der Waals surface area contributed by atoms with Gasteiger partial charge >= 0.3 is 5.97 Å². The maximum absolute atomic E-state index is 14.2. The molecule has 2 fully saturated rings. The Balaban J connectivity index is 1.29. The van der Waals surface area contributed by atoms with Crippen molar-refractivity contribution in [3.63, 3.8) is 0 Å². The SMILES string of the molecule is CC(C)(C)[C@H](C(=O)O)N1C[C@@H](CN2CCC(c3n[nH]c4c3CCCC4)CC2)[C@@H](c2cccc(F)c2)C1. The Kier molecular flexibility index (Phi) is 7.23. The number of carbonyl (C=O) groups is 1. The van der Waals surface area contributed by atoms with E-state index in [4.69, 9.17) is 5.10 Å². The summed E-state index contributed by atoms with van der Waals surface area (Å²) in [4.78, 5) is 16.9. The van der Waals surface area contributed by atoms with Crippen molar-refractivity contribution in [1.82, 2.24) is 20.0 Å². The van der Waals surface area contributed by atoms with Crippen LogP contribution in [-0.4, -0.2) is 69.8 Å². The van der Waals surface area contributed by atoms with Crippen LogP contribution in [0.2, 0.25) is 0 Å². The van der Waals surface area contributed by atoms with Crippen LogP contribution >= 0.6 is 0 Å². The van der Waals surface area contributed by atoms with Crippen molar-refractivity contribution in [1.29, 1.82) is 0 Å². The van der Waals surface area contributed by atoms with E-state index >= 15 is 0 Å². The summed E-state index contributed by atoms with van der Waals surface area (Å²) in [5, 5.41) is 18.1. The van der Waals surface area contributed by atoms with Crippen molar-refractivity contribution in [3.8, 4) is 0 Å². The summed E-state index contributed by atoms with van der Waals surface area (Å²) < 4.78 is 14.2. The number of aliphatic carboxylic acids is 1. The molecule has 0 bridgehead atoms. The molecule has 7 heteroatoms. The maximum Gasteiger partial charge on any atom is 0.321 e. The molecular weight excluding hydrogens is 455 g/mol. The number of nitrogens with zero attached hydrogens (tertiary/aromatic N) is 3. The first-order valence-electron chi connectivity index (χ1n) is 13.7. The highest BCUT2D eigenvalue weighted by Crippen LogP contribution is 2.39. The minimum absolute atomic E-state index is 0.126. The summed E-state index contributed by atoms with van der Waals surface area (Å²) in [5.41, 5.74) is 4.75. The lowest BCUT2D eigenvalue weighted by Gasteiger charge is -2.36. The van der Waals surface area contributed by atoms with Gasteiger partial charge in [-0.3, -0.25) is 14.8 Å². The molecule has 2 aliphatic heterocycles. The van der Waals surface area contributed by atoms with Crippen LogP contribution in [0.4, 0.5) is 4.39 Å². The molecule has 3 aliphatic rings. The van der Waals surface area contributed by atoms with E-state index in [1.165, 1.54) is 35.9 Å². The van der Waals surface area contributed by atoms with Crippen molar-refractivity contribution in [3.05, 3.63) is 52.6 Å². The van der Waals surface area contributed by atoms with E-state index in [1.54, 1.807) is 12.1 Å². The molecule has 3 atom stereocenters. The number of carboxylic acids is 1. The Morgan fingerprint density at radius 2 is 1.94 bits per heavy atom. The van der Waals surface area contributed by atoms with Crippen molar-refractivity contribution >= 4 is 5.97 Å². The molecule has 0 spiro atoms. The van der Waals surface area contributed by atoms with Gasteiger partial charge in [0, 0.05) is 37.2 Å². The lowest BCUT2D eigenvalue weighted by atomic mass is 9.85. The first kappa shape index (κ1) is 25.4. The number of carboxylic acid groups (broad SMARTS) is 1. The molecule has 2 aromatic rings. The van der Waals surface area contributed by atoms with Gasteiger partial charge in [-0.15, -0.1) is 0 Å². The Morgan fingerprint density at radius 1 is 1.19 bits per heavy atom. The van der Waals surface area contributed by atoms with Crippen LogP contribution in [0.1, 0.15) is 80.8 Å². The summed E-state index contributed by atoms with van der Waals surface area (Å²) in [6.07, 6.45) is 7.04. The lowest BCUT2D eigenvalue weighted by Crippen LogP contribution is -2.48.